The highest BCUT2D eigenvalue weighted by atomic mass is 35.5. The summed E-state index contributed by atoms with van der Waals surface area (Å²) in [4.78, 5) is 26.4. The number of benzene rings is 3. The van der Waals surface area contributed by atoms with Crippen molar-refractivity contribution >= 4 is 56.1 Å². The predicted molar refractivity (Wildman–Crippen MR) is 147 cm³/mol. The first-order chi connectivity index (χ1) is 17.2. The average Bonchev–Trinajstić information content (AvgIpc) is 3.20. The van der Waals surface area contributed by atoms with Crippen LogP contribution < -0.4 is 15.4 Å². The molecule has 1 aliphatic heterocycles. The molecule has 5 rings (SSSR count). The lowest BCUT2D eigenvalue weighted by Gasteiger charge is -2.35. The van der Waals surface area contributed by atoms with E-state index in [0.29, 0.717) is 21.2 Å². The van der Waals surface area contributed by atoms with Gasteiger partial charge in [0.2, 0.25) is 0 Å². The number of rotatable bonds is 5. The third-order valence-electron chi connectivity index (χ3n) is 6.16. The first-order valence-electron chi connectivity index (χ1n) is 11.5. The molecule has 182 valence electrons. The summed E-state index contributed by atoms with van der Waals surface area (Å²) in [6.45, 7) is 4.22. The lowest BCUT2D eigenvalue weighted by molar-refractivity contribution is 0.102. The van der Waals surface area contributed by atoms with Crippen LogP contribution in [0.4, 0.5) is 5.69 Å². The van der Waals surface area contributed by atoms with Crippen LogP contribution in [0.15, 0.2) is 72.8 Å². The first-order valence-corrected chi connectivity index (χ1v) is 12.7. The molecular formula is C29H25ClN2O3S. The van der Waals surface area contributed by atoms with Crippen molar-refractivity contribution in [3.8, 4) is 5.75 Å². The normalized spacial score (nSPS) is 15.3. The van der Waals surface area contributed by atoms with Gasteiger partial charge >= 0.3 is 0 Å². The van der Waals surface area contributed by atoms with Gasteiger partial charge in [-0.2, -0.15) is 0 Å². The molecule has 0 atom stereocenters. The zero-order valence-corrected chi connectivity index (χ0v) is 21.7. The van der Waals surface area contributed by atoms with Crippen LogP contribution in [0.25, 0.3) is 15.8 Å². The van der Waals surface area contributed by atoms with Crippen molar-refractivity contribution in [2.24, 2.45) is 0 Å². The van der Waals surface area contributed by atoms with Crippen molar-refractivity contribution in [1.29, 1.82) is 0 Å². The zero-order valence-electron chi connectivity index (χ0n) is 20.1. The number of nitrogens with one attached hydrogen (secondary N) is 2. The Morgan fingerprint density at radius 3 is 2.56 bits per heavy atom. The lowest BCUT2D eigenvalue weighted by Crippen LogP contribution is -2.43. The predicted octanol–water partition coefficient (Wildman–Crippen LogP) is 6.96. The molecule has 0 spiro atoms. The van der Waals surface area contributed by atoms with Gasteiger partial charge in [0, 0.05) is 44.2 Å². The molecule has 3 aromatic carbocycles. The van der Waals surface area contributed by atoms with E-state index in [0.717, 1.165) is 39.1 Å². The molecular weight excluding hydrogens is 492 g/mol. The molecule has 0 radical (unpaired) electrons. The fraction of sp³-hybridized carbons (Fsp3) is 0.172. The highest BCUT2D eigenvalue weighted by molar-refractivity contribution is 7.21. The largest absolute Gasteiger partial charge is 0.497 e. The number of ketones is 1. The third-order valence-corrected chi connectivity index (χ3v) is 7.83. The Kier molecular flexibility index (Phi) is 6.33. The number of fused-ring (bicyclic) bond motifs is 2. The van der Waals surface area contributed by atoms with Crippen molar-refractivity contribution in [1.82, 2.24) is 5.32 Å². The Bertz CT molecular complexity index is 1520. The van der Waals surface area contributed by atoms with E-state index in [4.69, 9.17) is 16.3 Å². The molecule has 2 N–H and O–H groups in total. The smallest absolute Gasteiger partial charge is 0.267 e. The Balaban J connectivity index is 1.36. The second-order valence-electron chi connectivity index (χ2n) is 9.40. The van der Waals surface area contributed by atoms with Crippen molar-refractivity contribution < 1.29 is 14.3 Å². The Morgan fingerprint density at radius 1 is 1.08 bits per heavy atom. The van der Waals surface area contributed by atoms with Crippen molar-refractivity contribution in [3.63, 3.8) is 0 Å². The van der Waals surface area contributed by atoms with Crippen LogP contribution >= 0.6 is 22.9 Å². The number of amides is 1. The SMILES string of the molecule is COc1ccc2c(c1)C(=CC(=O)c1ccc(NC(=O)c3sc4ccccc4c3Cl)cc1)NC(C)(C)C2. The minimum absolute atomic E-state index is 0.130. The highest BCUT2D eigenvalue weighted by Crippen LogP contribution is 2.36. The zero-order chi connectivity index (χ0) is 25.4. The monoisotopic (exact) mass is 516 g/mol. The standard InChI is InChI=1S/C29H25ClN2O3S/c1-29(2)16-18-10-13-20(35-3)14-22(18)23(32-29)15-24(33)17-8-11-19(12-9-17)31-28(34)27-26(30)21-6-4-5-7-25(21)36-27/h4-15,32H,16H2,1-3H3,(H,31,34). The first kappa shape index (κ1) is 24.1. The number of thiophene rings is 1. The van der Waals surface area contributed by atoms with E-state index in [2.05, 4.69) is 30.5 Å². The number of carbonyl (C=O) groups is 2. The summed E-state index contributed by atoms with van der Waals surface area (Å²) in [5.41, 5.74) is 3.82. The molecule has 4 aromatic rings. The van der Waals surface area contributed by atoms with Gasteiger partial charge in [-0.25, -0.2) is 0 Å². The van der Waals surface area contributed by atoms with Crippen molar-refractivity contribution in [2.45, 2.75) is 25.8 Å². The number of hydrogen-bond donors (Lipinski definition) is 2. The van der Waals surface area contributed by atoms with Gasteiger partial charge in [-0.15, -0.1) is 11.3 Å². The number of methoxy groups -OCH3 is 1. The summed E-state index contributed by atoms with van der Waals surface area (Å²) in [5, 5.41) is 7.68. The van der Waals surface area contributed by atoms with Gasteiger partial charge in [0.1, 0.15) is 10.6 Å². The van der Waals surface area contributed by atoms with E-state index in [-0.39, 0.29) is 17.2 Å². The molecule has 5 nitrogen and oxygen atoms in total. The van der Waals surface area contributed by atoms with Gasteiger partial charge in [-0.3, -0.25) is 9.59 Å². The summed E-state index contributed by atoms with van der Waals surface area (Å²) in [6, 6.07) is 20.5. The fourth-order valence-electron chi connectivity index (χ4n) is 4.43. The van der Waals surface area contributed by atoms with Gasteiger partial charge in [-0.1, -0.05) is 35.9 Å². The summed E-state index contributed by atoms with van der Waals surface area (Å²) in [7, 11) is 1.63. The Labute approximate surface area is 218 Å². The molecule has 1 amide bonds. The maximum absolute atomic E-state index is 13.1. The van der Waals surface area contributed by atoms with Crippen LogP contribution in [0.3, 0.4) is 0 Å². The summed E-state index contributed by atoms with van der Waals surface area (Å²) in [6.07, 6.45) is 2.47. The molecule has 36 heavy (non-hydrogen) atoms. The van der Waals surface area contributed by atoms with Crippen LogP contribution in [0.2, 0.25) is 5.02 Å². The number of allylic oxidation sites excluding steroid dienone is 1. The number of anilines is 1. The van der Waals surface area contributed by atoms with Crippen molar-refractivity contribution in [3.05, 3.63) is 99.4 Å². The van der Waals surface area contributed by atoms with Gasteiger partial charge in [-0.05, 0) is 68.3 Å². The fourth-order valence-corrected chi connectivity index (χ4v) is 5.85. The second-order valence-corrected chi connectivity index (χ2v) is 10.8. The van der Waals surface area contributed by atoms with Crippen LogP contribution in [0.1, 0.15) is 45.0 Å². The Hall–Kier alpha value is -3.61. The molecule has 0 bridgehead atoms. The van der Waals surface area contributed by atoms with E-state index < -0.39 is 0 Å². The lowest BCUT2D eigenvalue weighted by atomic mass is 9.85. The van der Waals surface area contributed by atoms with Gasteiger partial charge in [0.05, 0.1) is 12.1 Å². The van der Waals surface area contributed by atoms with E-state index >= 15 is 0 Å². The minimum Gasteiger partial charge on any atom is -0.497 e. The number of ether oxygens (including phenoxy) is 1. The molecule has 0 unspecified atom stereocenters. The van der Waals surface area contributed by atoms with Crippen LogP contribution in [0.5, 0.6) is 5.75 Å². The molecule has 1 aliphatic rings. The number of hydrogen-bond acceptors (Lipinski definition) is 5. The molecule has 7 heteroatoms. The van der Waals surface area contributed by atoms with Crippen LogP contribution in [0, 0.1) is 0 Å². The van der Waals surface area contributed by atoms with E-state index in [1.54, 1.807) is 37.5 Å². The van der Waals surface area contributed by atoms with Gasteiger partial charge in [0.25, 0.3) is 5.91 Å². The number of carbonyl (C=O) groups excluding carboxylic acids is 2. The maximum Gasteiger partial charge on any atom is 0.267 e. The van der Waals surface area contributed by atoms with Crippen LogP contribution in [-0.2, 0) is 6.42 Å². The second kappa shape index (κ2) is 9.45. The Morgan fingerprint density at radius 2 is 1.83 bits per heavy atom. The minimum atomic E-state index is -0.276. The van der Waals surface area contributed by atoms with Gasteiger partial charge < -0.3 is 15.4 Å². The molecule has 0 saturated heterocycles. The third kappa shape index (κ3) is 4.74. The quantitative estimate of drug-likeness (QED) is 0.222. The molecule has 0 fully saturated rings. The van der Waals surface area contributed by atoms with E-state index in [1.165, 1.54) is 11.3 Å². The topological polar surface area (TPSA) is 67.4 Å². The molecule has 2 heterocycles. The highest BCUT2D eigenvalue weighted by Gasteiger charge is 2.28. The summed E-state index contributed by atoms with van der Waals surface area (Å²) >= 11 is 7.79. The average molecular weight is 517 g/mol. The maximum atomic E-state index is 13.1. The summed E-state index contributed by atoms with van der Waals surface area (Å²) < 4.78 is 6.35. The van der Waals surface area contributed by atoms with E-state index in [9.17, 15) is 9.59 Å². The van der Waals surface area contributed by atoms with Crippen LogP contribution in [-0.4, -0.2) is 24.3 Å². The van der Waals surface area contributed by atoms with Crippen molar-refractivity contribution in [2.75, 3.05) is 12.4 Å². The molecule has 0 saturated carbocycles. The number of halogens is 1. The van der Waals surface area contributed by atoms with Gasteiger partial charge in [0.15, 0.2) is 5.78 Å². The molecule has 0 aliphatic carbocycles. The summed E-state index contributed by atoms with van der Waals surface area (Å²) in [5.74, 6) is 0.337. The van der Waals surface area contributed by atoms with E-state index in [1.807, 2.05) is 36.4 Å². The molecule has 1 aromatic heterocycles.